The van der Waals surface area contributed by atoms with E-state index in [9.17, 15) is 4.39 Å². The molecular weight excluding hydrogens is 161 g/mol. The van der Waals surface area contributed by atoms with E-state index in [1.807, 2.05) is 5.48 Å². The number of hydroxylamine groups is 1. The molecule has 66 valence electrons. The summed E-state index contributed by atoms with van der Waals surface area (Å²) in [6, 6.07) is 5.85. The highest BCUT2D eigenvalue weighted by Gasteiger charge is 1.94. The van der Waals surface area contributed by atoms with Crippen molar-refractivity contribution >= 4 is 0 Å². The molecule has 1 rings (SSSR count). The minimum absolute atomic E-state index is 0.306. The van der Waals surface area contributed by atoms with E-state index in [1.165, 1.54) is 12.1 Å². The molecule has 0 amide bonds. The summed E-state index contributed by atoms with van der Waals surface area (Å²) in [5, 5.41) is 8.19. The number of halogens is 1. The summed E-state index contributed by atoms with van der Waals surface area (Å²) in [6.45, 7) is 0.621. The van der Waals surface area contributed by atoms with E-state index in [4.69, 9.17) is 9.94 Å². The van der Waals surface area contributed by atoms with Gasteiger partial charge in [0, 0.05) is 6.07 Å². The van der Waals surface area contributed by atoms with Gasteiger partial charge in [-0.05, 0) is 12.1 Å². The number of benzene rings is 1. The maximum absolute atomic E-state index is 12.5. The average molecular weight is 171 g/mol. The predicted octanol–water partition coefficient (Wildman–Crippen LogP) is 1.18. The van der Waals surface area contributed by atoms with Crippen molar-refractivity contribution in [1.29, 1.82) is 0 Å². The Kier molecular flexibility index (Phi) is 3.50. The van der Waals surface area contributed by atoms with Crippen LogP contribution in [0.5, 0.6) is 5.75 Å². The van der Waals surface area contributed by atoms with Crippen molar-refractivity contribution < 1.29 is 14.3 Å². The second-order valence-corrected chi connectivity index (χ2v) is 2.21. The summed E-state index contributed by atoms with van der Waals surface area (Å²) in [6.07, 6.45) is 0. The van der Waals surface area contributed by atoms with Gasteiger partial charge in [-0.3, -0.25) is 0 Å². The lowest BCUT2D eigenvalue weighted by Gasteiger charge is -2.04. The summed E-state index contributed by atoms with van der Waals surface area (Å²) in [7, 11) is 0. The first-order valence-electron chi connectivity index (χ1n) is 3.58. The number of hydrogen-bond donors (Lipinski definition) is 2. The average Bonchev–Trinajstić information content (AvgIpc) is 2.05. The molecule has 2 N–H and O–H groups in total. The molecule has 0 aliphatic heterocycles. The van der Waals surface area contributed by atoms with Crippen LogP contribution in [0.1, 0.15) is 0 Å². The minimum atomic E-state index is -0.329. The molecular formula is C8H10FNO2. The predicted molar refractivity (Wildman–Crippen MR) is 41.7 cm³/mol. The summed E-state index contributed by atoms with van der Waals surface area (Å²) < 4.78 is 17.6. The Balaban J connectivity index is 2.41. The van der Waals surface area contributed by atoms with Crippen LogP contribution >= 0.6 is 0 Å². The SMILES string of the molecule is ONCCOc1cccc(F)c1. The van der Waals surface area contributed by atoms with Crippen molar-refractivity contribution in [3.05, 3.63) is 30.1 Å². The zero-order valence-electron chi connectivity index (χ0n) is 6.46. The van der Waals surface area contributed by atoms with Crippen LogP contribution in [0.15, 0.2) is 24.3 Å². The summed E-state index contributed by atoms with van der Waals surface area (Å²) in [5.74, 6) is 0.134. The molecule has 3 nitrogen and oxygen atoms in total. The van der Waals surface area contributed by atoms with Crippen molar-refractivity contribution in [3.8, 4) is 5.75 Å². The van der Waals surface area contributed by atoms with Crippen LogP contribution in [0.3, 0.4) is 0 Å². The van der Waals surface area contributed by atoms with Gasteiger partial charge in [0.1, 0.15) is 18.2 Å². The maximum Gasteiger partial charge on any atom is 0.126 e. The van der Waals surface area contributed by atoms with Gasteiger partial charge in [0.05, 0.1) is 6.54 Å². The van der Waals surface area contributed by atoms with Gasteiger partial charge >= 0.3 is 0 Å². The number of rotatable bonds is 4. The zero-order valence-corrected chi connectivity index (χ0v) is 6.46. The van der Waals surface area contributed by atoms with Crippen molar-refractivity contribution in [2.45, 2.75) is 0 Å². The molecule has 0 atom stereocenters. The maximum atomic E-state index is 12.5. The van der Waals surface area contributed by atoms with Gasteiger partial charge in [-0.15, -0.1) is 0 Å². The smallest absolute Gasteiger partial charge is 0.126 e. The third-order valence-corrected chi connectivity index (χ3v) is 1.28. The van der Waals surface area contributed by atoms with Crippen molar-refractivity contribution in [2.75, 3.05) is 13.2 Å². The van der Waals surface area contributed by atoms with Gasteiger partial charge in [-0.1, -0.05) is 6.07 Å². The molecule has 0 spiro atoms. The molecule has 0 aromatic heterocycles. The summed E-state index contributed by atoms with van der Waals surface area (Å²) >= 11 is 0. The van der Waals surface area contributed by atoms with Gasteiger partial charge in [0.2, 0.25) is 0 Å². The van der Waals surface area contributed by atoms with Gasteiger partial charge in [0.25, 0.3) is 0 Å². The van der Waals surface area contributed by atoms with Crippen LogP contribution in [0, 0.1) is 5.82 Å². The lowest BCUT2D eigenvalue weighted by Crippen LogP contribution is -2.16. The third kappa shape index (κ3) is 2.86. The molecule has 12 heavy (non-hydrogen) atoms. The summed E-state index contributed by atoms with van der Waals surface area (Å²) in [5.41, 5.74) is 1.93. The van der Waals surface area contributed by atoms with E-state index < -0.39 is 0 Å². The van der Waals surface area contributed by atoms with E-state index in [0.29, 0.717) is 18.9 Å². The Morgan fingerprint density at radius 2 is 2.33 bits per heavy atom. The molecule has 1 aromatic carbocycles. The Morgan fingerprint density at radius 3 is 3.00 bits per heavy atom. The molecule has 0 radical (unpaired) electrons. The fourth-order valence-corrected chi connectivity index (χ4v) is 0.771. The highest BCUT2D eigenvalue weighted by atomic mass is 19.1. The Labute approximate surface area is 69.7 Å². The van der Waals surface area contributed by atoms with E-state index >= 15 is 0 Å². The zero-order chi connectivity index (χ0) is 8.81. The normalized spacial score (nSPS) is 9.83. The molecule has 1 aromatic rings. The highest BCUT2D eigenvalue weighted by Crippen LogP contribution is 2.11. The molecule has 0 heterocycles. The second kappa shape index (κ2) is 4.69. The van der Waals surface area contributed by atoms with Crippen LogP contribution in [0.4, 0.5) is 4.39 Å². The minimum Gasteiger partial charge on any atom is -0.492 e. The van der Waals surface area contributed by atoms with E-state index in [-0.39, 0.29) is 5.82 Å². The Bertz CT molecular complexity index is 242. The first kappa shape index (κ1) is 8.96. The van der Waals surface area contributed by atoms with Crippen LogP contribution < -0.4 is 10.2 Å². The van der Waals surface area contributed by atoms with Crippen LogP contribution in [0.2, 0.25) is 0 Å². The third-order valence-electron chi connectivity index (χ3n) is 1.28. The van der Waals surface area contributed by atoms with Gasteiger partial charge in [-0.25, -0.2) is 9.87 Å². The molecule has 0 unspecified atom stereocenters. The van der Waals surface area contributed by atoms with Gasteiger partial charge in [0.15, 0.2) is 0 Å². The lowest BCUT2D eigenvalue weighted by atomic mass is 10.3. The molecule has 0 saturated carbocycles. The first-order chi connectivity index (χ1) is 5.83. The van der Waals surface area contributed by atoms with Crippen molar-refractivity contribution in [2.24, 2.45) is 0 Å². The topological polar surface area (TPSA) is 41.5 Å². The van der Waals surface area contributed by atoms with Gasteiger partial charge in [-0.2, -0.15) is 0 Å². The Morgan fingerprint density at radius 1 is 1.50 bits per heavy atom. The van der Waals surface area contributed by atoms with Crippen LogP contribution in [0.25, 0.3) is 0 Å². The van der Waals surface area contributed by atoms with Crippen LogP contribution in [-0.4, -0.2) is 18.4 Å². The number of hydrogen-bond acceptors (Lipinski definition) is 3. The first-order valence-corrected chi connectivity index (χ1v) is 3.58. The lowest BCUT2D eigenvalue weighted by molar-refractivity contribution is 0.145. The fraction of sp³-hybridized carbons (Fsp3) is 0.250. The standard InChI is InChI=1S/C8H10FNO2/c9-7-2-1-3-8(6-7)12-5-4-10-11/h1-3,6,10-11H,4-5H2. The van der Waals surface area contributed by atoms with Gasteiger partial charge < -0.3 is 9.94 Å². The molecule has 0 aliphatic carbocycles. The Hall–Kier alpha value is -1.13. The second-order valence-electron chi connectivity index (χ2n) is 2.21. The molecule has 0 aliphatic rings. The van der Waals surface area contributed by atoms with E-state index in [1.54, 1.807) is 12.1 Å². The van der Waals surface area contributed by atoms with E-state index in [0.717, 1.165) is 0 Å². The van der Waals surface area contributed by atoms with Crippen molar-refractivity contribution in [1.82, 2.24) is 5.48 Å². The highest BCUT2D eigenvalue weighted by molar-refractivity contribution is 5.22. The summed E-state index contributed by atoms with van der Waals surface area (Å²) in [4.78, 5) is 0. The molecule has 0 bridgehead atoms. The fourth-order valence-electron chi connectivity index (χ4n) is 0.771. The monoisotopic (exact) mass is 171 g/mol. The van der Waals surface area contributed by atoms with Crippen molar-refractivity contribution in [3.63, 3.8) is 0 Å². The van der Waals surface area contributed by atoms with E-state index in [2.05, 4.69) is 0 Å². The van der Waals surface area contributed by atoms with Crippen LogP contribution in [-0.2, 0) is 0 Å². The largest absolute Gasteiger partial charge is 0.492 e. The number of nitrogens with one attached hydrogen (secondary N) is 1. The number of ether oxygens (including phenoxy) is 1. The quantitative estimate of drug-likeness (QED) is 0.528. The molecule has 0 fully saturated rings. The molecule has 4 heteroatoms. The molecule has 0 saturated heterocycles.